The minimum atomic E-state index is -3.95. The molecule has 1 saturated heterocycles. The first-order chi connectivity index (χ1) is 14.6. The second-order valence-electron chi connectivity index (χ2n) is 8.93. The predicted molar refractivity (Wildman–Crippen MR) is 122 cm³/mol. The van der Waals surface area contributed by atoms with Crippen LogP contribution in [0.15, 0.2) is 35.2 Å². The fourth-order valence-corrected chi connectivity index (χ4v) is 6.94. The molecule has 1 aromatic carbocycles. The molecule has 2 heterocycles. The van der Waals surface area contributed by atoms with Gasteiger partial charge in [-0.05, 0) is 70.1 Å². The summed E-state index contributed by atoms with van der Waals surface area (Å²) >= 11 is 6.59. The number of rotatable bonds is 5. The Morgan fingerprint density at radius 2 is 2.06 bits per heavy atom. The van der Waals surface area contributed by atoms with Crippen LogP contribution >= 0.6 is 11.6 Å². The number of anilines is 2. The topological polar surface area (TPSA) is 65.5 Å². The summed E-state index contributed by atoms with van der Waals surface area (Å²) in [5.41, 5.74) is 1.71. The van der Waals surface area contributed by atoms with Gasteiger partial charge in [-0.3, -0.25) is 4.72 Å². The van der Waals surface area contributed by atoms with Gasteiger partial charge in [-0.2, -0.15) is 4.39 Å². The molecule has 2 aliphatic rings. The van der Waals surface area contributed by atoms with Crippen LogP contribution in [0.4, 0.5) is 15.9 Å². The summed E-state index contributed by atoms with van der Waals surface area (Å²) in [6.07, 6.45) is 4.77. The number of sulfonamides is 1. The van der Waals surface area contributed by atoms with Crippen molar-refractivity contribution in [2.45, 2.75) is 43.5 Å². The summed E-state index contributed by atoms with van der Waals surface area (Å²) in [6, 6.07) is 7.84. The van der Waals surface area contributed by atoms with E-state index >= 15 is 0 Å². The van der Waals surface area contributed by atoms with E-state index in [2.05, 4.69) is 33.6 Å². The molecule has 168 valence electrons. The first kappa shape index (κ1) is 22.3. The zero-order valence-electron chi connectivity index (χ0n) is 18.0. The van der Waals surface area contributed by atoms with Gasteiger partial charge in [0, 0.05) is 24.5 Å². The number of benzene rings is 1. The molecule has 0 radical (unpaired) electrons. The Morgan fingerprint density at radius 1 is 1.29 bits per heavy atom. The van der Waals surface area contributed by atoms with Crippen molar-refractivity contribution in [3.8, 4) is 0 Å². The molecule has 9 heteroatoms. The maximum atomic E-state index is 13.3. The molecule has 31 heavy (non-hydrogen) atoms. The molecule has 1 saturated carbocycles. The van der Waals surface area contributed by atoms with Gasteiger partial charge in [0.05, 0.1) is 15.6 Å². The van der Waals surface area contributed by atoms with Gasteiger partial charge in [-0.1, -0.05) is 24.1 Å². The standard InChI is InChI=1S/C22H28ClFN4O2S/c1-15-12-17(28-11-10-22(14-28)9-5-6-19(22)27(2)3)16(23)13-18(15)31(29,30)26-21-8-4-7-20(24)25-21/h4,7-8,12-13,19H,5-6,9-11,14H2,1-3H3,(H,25,26)/t19-,22-/m0/s1. The van der Waals surface area contributed by atoms with E-state index in [9.17, 15) is 12.8 Å². The van der Waals surface area contributed by atoms with Crippen LogP contribution in [0.5, 0.6) is 0 Å². The maximum absolute atomic E-state index is 13.3. The molecule has 1 N–H and O–H groups in total. The predicted octanol–water partition coefficient (Wildman–Crippen LogP) is 4.29. The van der Waals surface area contributed by atoms with Crippen LogP contribution in [0, 0.1) is 18.3 Å². The van der Waals surface area contributed by atoms with Crippen LogP contribution in [0.3, 0.4) is 0 Å². The number of aryl methyl sites for hydroxylation is 1. The average molecular weight is 467 g/mol. The van der Waals surface area contributed by atoms with Gasteiger partial charge in [0.25, 0.3) is 10.0 Å². The number of nitrogens with zero attached hydrogens (tertiary/aromatic N) is 3. The van der Waals surface area contributed by atoms with E-state index < -0.39 is 16.0 Å². The maximum Gasteiger partial charge on any atom is 0.263 e. The molecule has 6 nitrogen and oxygen atoms in total. The largest absolute Gasteiger partial charge is 0.370 e. The summed E-state index contributed by atoms with van der Waals surface area (Å²) in [4.78, 5) is 8.26. The molecule has 2 aromatic rings. The van der Waals surface area contributed by atoms with E-state index in [1.54, 1.807) is 6.92 Å². The fraction of sp³-hybridized carbons (Fsp3) is 0.500. The molecule has 0 unspecified atom stereocenters. The Balaban J connectivity index is 1.59. The fourth-order valence-electron chi connectivity index (χ4n) is 5.34. The van der Waals surface area contributed by atoms with Crippen LogP contribution < -0.4 is 9.62 Å². The van der Waals surface area contributed by atoms with E-state index in [1.807, 2.05) is 6.07 Å². The van der Waals surface area contributed by atoms with Crippen LogP contribution in [0.2, 0.25) is 5.02 Å². The van der Waals surface area contributed by atoms with Crippen LogP contribution in [-0.2, 0) is 10.0 Å². The van der Waals surface area contributed by atoms with E-state index in [4.69, 9.17) is 11.6 Å². The third-order valence-electron chi connectivity index (χ3n) is 6.70. The van der Waals surface area contributed by atoms with Crippen LogP contribution in [0.1, 0.15) is 31.2 Å². The van der Waals surface area contributed by atoms with Crippen molar-refractivity contribution in [3.63, 3.8) is 0 Å². The Kier molecular flexibility index (Phi) is 5.91. The van der Waals surface area contributed by atoms with E-state index in [0.29, 0.717) is 16.6 Å². The van der Waals surface area contributed by atoms with Crippen molar-refractivity contribution in [2.75, 3.05) is 36.8 Å². The van der Waals surface area contributed by atoms with Crippen molar-refractivity contribution in [2.24, 2.45) is 5.41 Å². The summed E-state index contributed by atoms with van der Waals surface area (Å²) < 4.78 is 41.5. The SMILES string of the molecule is Cc1cc(N2CC[C@@]3(CCC[C@@H]3N(C)C)C2)c(Cl)cc1S(=O)(=O)Nc1cccc(F)n1. The van der Waals surface area contributed by atoms with Gasteiger partial charge in [-0.25, -0.2) is 13.4 Å². The Labute approximate surface area is 188 Å². The lowest BCUT2D eigenvalue weighted by Crippen LogP contribution is -2.42. The first-order valence-electron chi connectivity index (χ1n) is 10.5. The third kappa shape index (κ3) is 4.25. The number of nitrogens with one attached hydrogen (secondary N) is 1. The number of halogens is 2. The van der Waals surface area contributed by atoms with Gasteiger partial charge >= 0.3 is 0 Å². The van der Waals surface area contributed by atoms with Crippen molar-refractivity contribution >= 4 is 33.1 Å². The lowest BCUT2D eigenvalue weighted by molar-refractivity contribution is 0.153. The molecule has 0 amide bonds. The van der Waals surface area contributed by atoms with Crippen molar-refractivity contribution in [1.29, 1.82) is 0 Å². The highest BCUT2D eigenvalue weighted by Gasteiger charge is 2.48. The molecule has 1 spiro atoms. The molecule has 1 aliphatic carbocycles. The van der Waals surface area contributed by atoms with Gasteiger partial charge in [0.15, 0.2) is 0 Å². The highest BCUT2D eigenvalue weighted by molar-refractivity contribution is 7.92. The van der Waals surface area contributed by atoms with E-state index in [0.717, 1.165) is 31.3 Å². The second kappa shape index (κ2) is 8.22. The molecular weight excluding hydrogens is 439 g/mol. The highest BCUT2D eigenvalue weighted by atomic mass is 35.5. The normalized spacial score (nSPS) is 23.8. The Morgan fingerprint density at radius 3 is 2.77 bits per heavy atom. The lowest BCUT2D eigenvalue weighted by atomic mass is 9.81. The number of aromatic nitrogens is 1. The van der Waals surface area contributed by atoms with Crippen molar-refractivity contribution in [3.05, 3.63) is 46.9 Å². The number of hydrogen-bond acceptors (Lipinski definition) is 5. The summed E-state index contributed by atoms with van der Waals surface area (Å²) in [7, 11) is 0.346. The highest BCUT2D eigenvalue weighted by Crippen LogP contribution is 2.49. The van der Waals surface area contributed by atoms with Crippen LogP contribution in [0.25, 0.3) is 0 Å². The van der Waals surface area contributed by atoms with Gasteiger partial charge in [0.2, 0.25) is 5.95 Å². The molecule has 1 aliphatic heterocycles. The molecule has 4 rings (SSSR count). The van der Waals surface area contributed by atoms with Crippen molar-refractivity contribution in [1.82, 2.24) is 9.88 Å². The quantitative estimate of drug-likeness (QED) is 0.666. The van der Waals surface area contributed by atoms with E-state index in [-0.39, 0.29) is 16.1 Å². The van der Waals surface area contributed by atoms with E-state index in [1.165, 1.54) is 37.5 Å². The smallest absolute Gasteiger partial charge is 0.263 e. The van der Waals surface area contributed by atoms with Gasteiger partial charge in [-0.15, -0.1) is 0 Å². The minimum absolute atomic E-state index is 0.0632. The molecule has 2 atom stereocenters. The average Bonchev–Trinajstić information content (AvgIpc) is 3.30. The van der Waals surface area contributed by atoms with Crippen LogP contribution in [-0.4, -0.2) is 51.5 Å². The molecule has 2 fully saturated rings. The lowest BCUT2D eigenvalue weighted by Gasteiger charge is -2.36. The zero-order chi connectivity index (χ0) is 22.4. The Hall–Kier alpha value is -1.90. The monoisotopic (exact) mass is 466 g/mol. The molecule has 0 bridgehead atoms. The second-order valence-corrected chi connectivity index (χ2v) is 11.0. The van der Waals surface area contributed by atoms with Gasteiger partial charge < -0.3 is 9.80 Å². The first-order valence-corrected chi connectivity index (χ1v) is 12.3. The summed E-state index contributed by atoms with van der Waals surface area (Å²) in [5, 5.41) is 0.398. The summed E-state index contributed by atoms with van der Waals surface area (Å²) in [6.45, 7) is 3.57. The Bertz CT molecular complexity index is 1090. The minimum Gasteiger partial charge on any atom is -0.370 e. The number of pyridine rings is 1. The summed E-state index contributed by atoms with van der Waals surface area (Å²) in [5.74, 6) is -0.826. The number of hydrogen-bond donors (Lipinski definition) is 1. The zero-order valence-corrected chi connectivity index (χ0v) is 19.6. The van der Waals surface area contributed by atoms with Crippen molar-refractivity contribution < 1.29 is 12.8 Å². The third-order valence-corrected chi connectivity index (χ3v) is 8.50. The van der Waals surface area contributed by atoms with Gasteiger partial charge in [0.1, 0.15) is 5.82 Å². The molecule has 1 aromatic heterocycles. The molecular formula is C22H28ClFN4O2S.